The standard InChI is InChI=1S/C21H25FN6O/c1-21(2,3)20-24-23-17-8-9-18(25-28(17)20)26-10-12-27(13-11-26)19(29)14-15-6-4-5-7-16(15)22/h4-9H,10-14H2,1-3H3. The van der Waals surface area contributed by atoms with Crippen molar-refractivity contribution in [3.05, 3.63) is 53.6 Å². The lowest BCUT2D eigenvalue weighted by Crippen LogP contribution is -2.49. The molecular formula is C21H25FN6O. The lowest BCUT2D eigenvalue weighted by atomic mass is 9.96. The van der Waals surface area contributed by atoms with Gasteiger partial charge in [0.15, 0.2) is 11.5 Å². The maximum Gasteiger partial charge on any atom is 0.227 e. The van der Waals surface area contributed by atoms with E-state index in [2.05, 4.69) is 35.9 Å². The first-order chi connectivity index (χ1) is 13.8. The maximum atomic E-state index is 13.8. The van der Waals surface area contributed by atoms with Crippen LogP contribution in [-0.2, 0) is 16.6 Å². The van der Waals surface area contributed by atoms with Gasteiger partial charge in [-0.2, -0.15) is 4.52 Å². The molecule has 1 saturated heterocycles. The molecular weight excluding hydrogens is 371 g/mol. The molecule has 0 saturated carbocycles. The summed E-state index contributed by atoms with van der Waals surface area (Å²) < 4.78 is 15.6. The van der Waals surface area contributed by atoms with Gasteiger partial charge in [0.05, 0.1) is 6.42 Å². The number of aromatic nitrogens is 4. The third-order valence-corrected chi connectivity index (χ3v) is 5.18. The summed E-state index contributed by atoms with van der Waals surface area (Å²) >= 11 is 0. The summed E-state index contributed by atoms with van der Waals surface area (Å²) in [6.45, 7) is 8.76. The number of nitrogens with zero attached hydrogens (tertiary/aromatic N) is 6. The van der Waals surface area contributed by atoms with Gasteiger partial charge in [-0.15, -0.1) is 15.3 Å². The minimum Gasteiger partial charge on any atom is -0.352 e. The van der Waals surface area contributed by atoms with Crippen LogP contribution in [0.3, 0.4) is 0 Å². The molecule has 7 nitrogen and oxygen atoms in total. The molecule has 0 N–H and O–H groups in total. The molecule has 0 spiro atoms. The highest BCUT2D eigenvalue weighted by Gasteiger charge is 2.25. The number of anilines is 1. The van der Waals surface area contributed by atoms with E-state index in [-0.39, 0.29) is 23.6 Å². The first-order valence-electron chi connectivity index (χ1n) is 9.82. The van der Waals surface area contributed by atoms with Gasteiger partial charge in [0.25, 0.3) is 0 Å². The lowest BCUT2D eigenvalue weighted by Gasteiger charge is -2.35. The molecule has 1 aliphatic rings. The summed E-state index contributed by atoms with van der Waals surface area (Å²) in [6, 6.07) is 10.3. The highest BCUT2D eigenvalue weighted by Crippen LogP contribution is 2.22. The Hall–Kier alpha value is -3.03. The molecule has 1 aromatic carbocycles. The number of rotatable bonds is 3. The zero-order chi connectivity index (χ0) is 20.6. The Morgan fingerprint density at radius 2 is 1.76 bits per heavy atom. The Balaban J connectivity index is 1.44. The molecule has 8 heteroatoms. The molecule has 3 aromatic rings. The van der Waals surface area contributed by atoms with E-state index in [9.17, 15) is 9.18 Å². The second-order valence-electron chi connectivity index (χ2n) is 8.37. The summed E-state index contributed by atoms with van der Waals surface area (Å²) in [5.74, 6) is 1.27. The van der Waals surface area contributed by atoms with Gasteiger partial charge in [-0.25, -0.2) is 4.39 Å². The molecule has 0 bridgehead atoms. The molecule has 1 amide bonds. The molecule has 152 valence electrons. The van der Waals surface area contributed by atoms with Crippen molar-refractivity contribution in [1.82, 2.24) is 24.7 Å². The van der Waals surface area contributed by atoms with Gasteiger partial charge in [-0.3, -0.25) is 4.79 Å². The number of piperazine rings is 1. The third-order valence-electron chi connectivity index (χ3n) is 5.18. The topological polar surface area (TPSA) is 66.6 Å². The van der Waals surface area contributed by atoms with Crippen molar-refractivity contribution < 1.29 is 9.18 Å². The van der Waals surface area contributed by atoms with Gasteiger partial charge < -0.3 is 9.80 Å². The fourth-order valence-electron chi connectivity index (χ4n) is 3.52. The van der Waals surface area contributed by atoms with Crippen LogP contribution in [0, 0.1) is 5.82 Å². The molecule has 3 heterocycles. The van der Waals surface area contributed by atoms with Gasteiger partial charge in [-0.05, 0) is 23.8 Å². The van der Waals surface area contributed by atoms with Crippen LogP contribution < -0.4 is 4.90 Å². The zero-order valence-electron chi connectivity index (χ0n) is 17.0. The molecule has 0 aliphatic carbocycles. The van der Waals surface area contributed by atoms with Crippen LogP contribution in [0.4, 0.5) is 10.2 Å². The fourth-order valence-corrected chi connectivity index (χ4v) is 3.52. The van der Waals surface area contributed by atoms with E-state index in [1.807, 2.05) is 12.1 Å². The van der Waals surface area contributed by atoms with Crippen molar-refractivity contribution in [3.63, 3.8) is 0 Å². The molecule has 0 atom stereocenters. The Kier molecular flexibility index (Phi) is 4.94. The van der Waals surface area contributed by atoms with Crippen LogP contribution in [0.25, 0.3) is 5.65 Å². The second-order valence-corrected chi connectivity index (χ2v) is 8.37. The number of amides is 1. The number of carbonyl (C=O) groups is 1. The number of hydrogen-bond donors (Lipinski definition) is 0. The van der Waals surface area contributed by atoms with Crippen LogP contribution >= 0.6 is 0 Å². The monoisotopic (exact) mass is 396 g/mol. The van der Waals surface area contributed by atoms with Gasteiger partial charge in [0, 0.05) is 31.6 Å². The van der Waals surface area contributed by atoms with Gasteiger partial charge in [0.1, 0.15) is 11.6 Å². The highest BCUT2D eigenvalue weighted by molar-refractivity contribution is 5.79. The SMILES string of the molecule is CC(C)(C)c1nnc2ccc(N3CCN(C(=O)Cc4ccccc4F)CC3)nn12. The Labute approximate surface area is 169 Å². The average Bonchev–Trinajstić information content (AvgIpc) is 3.13. The van der Waals surface area contributed by atoms with E-state index < -0.39 is 0 Å². The molecule has 0 radical (unpaired) electrons. The number of fused-ring (bicyclic) bond motifs is 1. The Morgan fingerprint density at radius 1 is 1.03 bits per heavy atom. The van der Waals surface area contributed by atoms with Crippen LogP contribution in [-0.4, -0.2) is 56.8 Å². The van der Waals surface area contributed by atoms with Gasteiger partial charge in [-0.1, -0.05) is 39.0 Å². The number of hydrogen-bond acceptors (Lipinski definition) is 5. The van der Waals surface area contributed by atoms with Crippen molar-refractivity contribution in [1.29, 1.82) is 0 Å². The normalized spacial score (nSPS) is 15.2. The predicted molar refractivity (Wildman–Crippen MR) is 108 cm³/mol. The zero-order valence-corrected chi connectivity index (χ0v) is 17.0. The van der Waals surface area contributed by atoms with Crippen LogP contribution in [0.1, 0.15) is 32.2 Å². The highest BCUT2D eigenvalue weighted by atomic mass is 19.1. The van der Waals surface area contributed by atoms with E-state index >= 15 is 0 Å². The quantitative estimate of drug-likeness (QED) is 0.680. The van der Waals surface area contributed by atoms with E-state index in [0.29, 0.717) is 31.7 Å². The lowest BCUT2D eigenvalue weighted by molar-refractivity contribution is -0.130. The van der Waals surface area contributed by atoms with Crippen molar-refractivity contribution in [2.45, 2.75) is 32.6 Å². The van der Waals surface area contributed by atoms with E-state index in [1.165, 1.54) is 6.07 Å². The van der Waals surface area contributed by atoms with Crippen LogP contribution in [0.15, 0.2) is 36.4 Å². The van der Waals surface area contributed by atoms with E-state index in [4.69, 9.17) is 5.10 Å². The van der Waals surface area contributed by atoms with Crippen molar-refractivity contribution in [2.75, 3.05) is 31.1 Å². The smallest absolute Gasteiger partial charge is 0.227 e. The summed E-state index contributed by atoms with van der Waals surface area (Å²) in [7, 11) is 0. The second kappa shape index (κ2) is 7.42. The maximum absolute atomic E-state index is 13.8. The number of benzene rings is 1. The first kappa shape index (κ1) is 19.3. The van der Waals surface area contributed by atoms with Crippen molar-refractivity contribution >= 4 is 17.4 Å². The summed E-state index contributed by atoms with van der Waals surface area (Å²) in [4.78, 5) is 16.5. The minimum atomic E-state index is -0.333. The summed E-state index contributed by atoms with van der Waals surface area (Å²) in [6.07, 6.45) is 0.0898. The van der Waals surface area contributed by atoms with Gasteiger partial charge >= 0.3 is 0 Å². The molecule has 1 aliphatic heterocycles. The molecule has 2 aromatic heterocycles. The largest absolute Gasteiger partial charge is 0.352 e. The fraction of sp³-hybridized carbons (Fsp3) is 0.429. The van der Waals surface area contributed by atoms with E-state index in [1.54, 1.807) is 27.6 Å². The third kappa shape index (κ3) is 3.92. The van der Waals surface area contributed by atoms with Crippen molar-refractivity contribution in [2.24, 2.45) is 0 Å². The van der Waals surface area contributed by atoms with Crippen LogP contribution in [0.5, 0.6) is 0 Å². The predicted octanol–water partition coefficient (Wildman–Crippen LogP) is 2.45. The molecule has 0 unspecified atom stereocenters. The number of carbonyl (C=O) groups excluding carboxylic acids is 1. The summed E-state index contributed by atoms with van der Waals surface area (Å²) in [5.41, 5.74) is 0.995. The van der Waals surface area contributed by atoms with Crippen LogP contribution in [0.2, 0.25) is 0 Å². The summed E-state index contributed by atoms with van der Waals surface area (Å²) in [5, 5.41) is 13.2. The Bertz CT molecular complexity index is 1030. The Morgan fingerprint density at radius 3 is 2.45 bits per heavy atom. The number of halogens is 1. The molecule has 29 heavy (non-hydrogen) atoms. The molecule has 1 fully saturated rings. The average molecular weight is 396 g/mol. The minimum absolute atomic E-state index is 0.0491. The molecule has 4 rings (SSSR count). The first-order valence-corrected chi connectivity index (χ1v) is 9.82. The van der Waals surface area contributed by atoms with E-state index in [0.717, 1.165) is 17.3 Å². The van der Waals surface area contributed by atoms with Gasteiger partial charge in [0.2, 0.25) is 5.91 Å². The van der Waals surface area contributed by atoms with Crippen molar-refractivity contribution in [3.8, 4) is 0 Å².